The Morgan fingerprint density at radius 2 is 1.81 bits per heavy atom. The molecule has 158 valence electrons. The average Bonchev–Trinajstić information content (AvgIpc) is 3.48. The van der Waals surface area contributed by atoms with Crippen molar-refractivity contribution in [1.29, 1.82) is 0 Å². The highest BCUT2D eigenvalue weighted by Gasteiger charge is 2.22. The molecule has 0 aliphatic heterocycles. The lowest BCUT2D eigenvalue weighted by molar-refractivity contribution is 0.0946. The smallest absolute Gasteiger partial charge is 0.272 e. The van der Waals surface area contributed by atoms with Crippen LogP contribution in [0.2, 0.25) is 0 Å². The Kier molecular flexibility index (Phi) is 5.52. The predicted molar refractivity (Wildman–Crippen MR) is 129 cm³/mol. The Hall–Kier alpha value is -3.77. The molecule has 1 N–H and O–H groups in total. The van der Waals surface area contributed by atoms with Crippen molar-refractivity contribution in [3.05, 3.63) is 107 Å². The van der Waals surface area contributed by atoms with E-state index in [4.69, 9.17) is 5.10 Å². The second-order valence-electron chi connectivity index (χ2n) is 7.64. The molecule has 5 nitrogen and oxygen atoms in total. The molecule has 0 spiro atoms. The summed E-state index contributed by atoms with van der Waals surface area (Å²) in [6.07, 6.45) is 1.79. The topological polar surface area (TPSA) is 59.8 Å². The van der Waals surface area contributed by atoms with Gasteiger partial charge in [-0.3, -0.25) is 4.79 Å². The van der Waals surface area contributed by atoms with E-state index in [2.05, 4.69) is 28.5 Å². The first-order chi connectivity index (χ1) is 15.7. The Morgan fingerprint density at radius 1 is 1.00 bits per heavy atom. The Labute approximate surface area is 190 Å². The Morgan fingerprint density at radius 3 is 2.59 bits per heavy atom. The van der Waals surface area contributed by atoms with Gasteiger partial charge in [0.1, 0.15) is 0 Å². The van der Waals surface area contributed by atoms with Crippen LogP contribution in [-0.4, -0.2) is 20.7 Å². The number of amides is 1. The molecule has 1 amide bonds. The third kappa shape index (κ3) is 3.92. The van der Waals surface area contributed by atoms with Crippen molar-refractivity contribution in [3.8, 4) is 10.4 Å². The number of fused-ring (bicyclic) bond motifs is 1. The molecule has 0 atom stereocenters. The minimum Gasteiger partial charge on any atom is -0.347 e. The highest BCUT2D eigenvalue weighted by molar-refractivity contribution is 7.13. The lowest BCUT2D eigenvalue weighted by Gasteiger charge is -2.07. The van der Waals surface area contributed by atoms with Gasteiger partial charge in [-0.1, -0.05) is 60.7 Å². The van der Waals surface area contributed by atoms with Crippen molar-refractivity contribution in [1.82, 2.24) is 20.1 Å². The average molecular weight is 439 g/mol. The maximum absolute atomic E-state index is 13.3. The highest BCUT2D eigenvalue weighted by Crippen LogP contribution is 2.33. The van der Waals surface area contributed by atoms with E-state index in [0.29, 0.717) is 24.4 Å². The lowest BCUT2D eigenvalue weighted by Crippen LogP contribution is -2.24. The van der Waals surface area contributed by atoms with Crippen LogP contribution in [0.3, 0.4) is 0 Å². The lowest BCUT2D eigenvalue weighted by atomic mass is 10.1. The van der Waals surface area contributed by atoms with Crippen LogP contribution in [0.1, 0.15) is 27.2 Å². The largest absolute Gasteiger partial charge is 0.347 e. The molecule has 6 heteroatoms. The van der Waals surface area contributed by atoms with Gasteiger partial charge in [0.25, 0.3) is 5.91 Å². The zero-order chi connectivity index (χ0) is 21.9. The van der Waals surface area contributed by atoms with Crippen molar-refractivity contribution in [3.63, 3.8) is 0 Å². The first-order valence-electron chi connectivity index (χ1n) is 10.5. The van der Waals surface area contributed by atoms with E-state index < -0.39 is 0 Å². The molecule has 5 aromatic rings. The Bertz CT molecular complexity index is 1370. The molecule has 0 fully saturated rings. The summed E-state index contributed by atoms with van der Waals surface area (Å²) in [7, 11) is 0. The molecule has 32 heavy (non-hydrogen) atoms. The summed E-state index contributed by atoms with van der Waals surface area (Å²) < 4.78 is 1.82. The molecule has 2 aromatic carbocycles. The molecule has 0 aliphatic carbocycles. The van der Waals surface area contributed by atoms with Crippen LogP contribution in [0.4, 0.5) is 0 Å². The number of nitrogens with zero attached hydrogens (tertiary/aromatic N) is 3. The van der Waals surface area contributed by atoms with E-state index in [1.54, 1.807) is 17.5 Å². The summed E-state index contributed by atoms with van der Waals surface area (Å²) in [5, 5.41) is 10.6. The number of aromatic nitrogens is 3. The van der Waals surface area contributed by atoms with E-state index in [1.807, 2.05) is 71.6 Å². The van der Waals surface area contributed by atoms with Crippen LogP contribution in [-0.2, 0) is 13.1 Å². The first-order valence-corrected chi connectivity index (χ1v) is 11.3. The second-order valence-corrected chi connectivity index (χ2v) is 8.58. The van der Waals surface area contributed by atoms with Gasteiger partial charge in [0, 0.05) is 23.2 Å². The van der Waals surface area contributed by atoms with Crippen LogP contribution >= 0.6 is 11.3 Å². The summed E-state index contributed by atoms with van der Waals surface area (Å²) in [4.78, 5) is 19.0. The SMILES string of the molecule is Cc1ccccc1CNC(=O)c1nn(Cc2ccccc2)c2nccc(-c3cccs3)c12. The number of carbonyl (C=O) groups is 1. The zero-order valence-electron chi connectivity index (χ0n) is 17.7. The van der Waals surface area contributed by atoms with Gasteiger partial charge < -0.3 is 5.32 Å². The number of hydrogen-bond donors (Lipinski definition) is 1. The summed E-state index contributed by atoms with van der Waals surface area (Å²) in [5.74, 6) is -0.198. The molecular weight excluding hydrogens is 416 g/mol. The third-order valence-corrected chi connectivity index (χ3v) is 6.41. The maximum Gasteiger partial charge on any atom is 0.272 e. The molecule has 3 heterocycles. The molecular formula is C26H22N4OS. The van der Waals surface area contributed by atoms with Crippen LogP contribution in [0.15, 0.2) is 84.4 Å². The van der Waals surface area contributed by atoms with Crippen LogP contribution in [0.25, 0.3) is 21.5 Å². The van der Waals surface area contributed by atoms with Gasteiger partial charge in [0.05, 0.1) is 11.9 Å². The number of pyridine rings is 1. The highest BCUT2D eigenvalue weighted by atomic mass is 32.1. The minimum atomic E-state index is -0.198. The van der Waals surface area contributed by atoms with Crippen molar-refractivity contribution < 1.29 is 4.79 Å². The number of hydrogen-bond acceptors (Lipinski definition) is 4. The van der Waals surface area contributed by atoms with E-state index in [-0.39, 0.29) is 5.91 Å². The van der Waals surface area contributed by atoms with E-state index in [1.165, 1.54) is 0 Å². The second kappa shape index (κ2) is 8.77. The fourth-order valence-electron chi connectivity index (χ4n) is 3.83. The summed E-state index contributed by atoms with van der Waals surface area (Å²) >= 11 is 1.64. The Balaban J connectivity index is 1.57. The van der Waals surface area contributed by atoms with Gasteiger partial charge in [-0.2, -0.15) is 5.10 Å². The molecule has 3 aromatic heterocycles. The van der Waals surface area contributed by atoms with Crippen molar-refractivity contribution in [2.24, 2.45) is 0 Å². The zero-order valence-corrected chi connectivity index (χ0v) is 18.5. The number of carbonyl (C=O) groups excluding carboxylic acids is 1. The van der Waals surface area contributed by atoms with Crippen molar-refractivity contribution >= 4 is 28.3 Å². The number of nitrogens with one attached hydrogen (secondary N) is 1. The fraction of sp³-hybridized carbons (Fsp3) is 0.115. The van der Waals surface area contributed by atoms with E-state index in [0.717, 1.165) is 32.5 Å². The van der Waals surface area contributed by atoms with Crippen LogP contribution in [0.5, 0.6) is 0 Å². The molecule has 0 saturated heterocycles. The van der Waals surface area contributed by atoms with E-state index in [9.17, 15) is 4.79 Å². The van der Waals surface area contributed by atoms with Crippen LogP contribution < -0.4 is 5.32 Å². The standard InChI is InChI=1S/C26H22N4OS/c1-18-8-5-6-11-20(18)16-28-26(31)24-23-21(22-12-7-15-32-22)13-14-27-25(23)30(29-24)17-19-9-3-2-4-10-19/h2-15H,16-17H2,1H3,(H,28,31). The van der Waals surface area contributed by atoms with Gasteiger partial charge in [-0.25, -0.2) is 9.67 Å². The van der Waals surface area contributed by atoms with Gasteiger partial charge in [-0.15, -0.1) is 11.3 Å². The van der Waals surface area contributed by atoms with Crippen molar-refractivity contribution in [2.45, 2.75) is 20.0 Å². The summed E-state index contributed by atoms with van der Waals surface area (Å²) in [6, 6.07) is 24.2. The minimum absolute atomic E-state index is 0.198. The molecule has 0 unspecified atom stereocenters. The normalized spacial score (nSPS) is 11.0. The number of rotatable bonds is 6. The first kappa shape index (κ1) is 20.2. The van der Waals surface area contributed by atoms with Crippen molar-refractivity contribution in [2.75, 3.05) is 0 Å². The quantitative estimate of drug-likeness (QED) is 0.384. The number of aryl methyl sites for hydroxylation is 1. The number of thiophene rings is 1. The summed E-state index contributed by atoms with van der Waals surface area (Å²) in [5.41, 5.74) is 5.43. The fourth-order valence-corrected chi connectivity index (χ4v) is 4.59. The van der Waals surface area contributed by atoms with E-state index >= 15 is 0 Å². The van der Waals surface area contributed by atoms with Gasteiger partial charge in [-0.05, 0) is 41.1 Å². The summed E-state index contributed by atoms with van der Waals surface area (Å²) in [6.45, 7) is 3.04. The van der Waals surface area contributed by atoms with Crippen LogP contribution in [0, 0.1) is 6.92 Å². The third-order valence-electron chi connectivity index (χ3n) is 5.51. The van der Waals surface area contributed by atoms with Gasteiger partial charge in [0.15, 0.2) is 11.3 Å². The molecule has 0 saturated carbocycles. The molecule has 0 bridgehead atoms. The molecule has 0 aliphatic rings. The monoisotopic (exact) mass is 438 g/mol. The number of benzene rings is 2. The van der Waals surface area contributed by atoms with Gasteiger partial charge >= 0.3 is 0 Å². The molecule has 5 rings (SSSR count). The maximum atomic E-state index is 13.3. The predicted octanol–water partition coefficient (Wildman–Crippen LogP) is 5.45. The van der Waals surface area contributed by atoms with Gasteiger partial charge in [0.2, 0.25) is 0 Å². The molecule has 0 radical (unpaired) electrons.